The number of aryl methyl sites for hydroxylation is 1. The predicted octanol–water partition coefficient (Wildman–Crippen LogP) is 3.29. The van der Waals surface area contributed by atoms with Crippen molar-refractivity contribution in [3.05, 3.63) is 80.9 Å². The van der Waals surface area contributed by atoms with Crippen molar-refractivity contribution >= 4 is 17.2 Å². The van der Waals surface area contributed by atoms with Gasteiger partial charge in [0.25, 0.3) is 5.56 Å². The number of aromatic nitrogens is 2. The van der Waals surface area contributed by atoms with Crippen LogP contribution in [0.15, 0.2) is 53.3 Å². The molecule has 3 rings (SSSR count). The Kier molecular flexibility index (Phi) is 4.46. The minimum atomic E-state index is -0.0389. The highest BCUT2D eigenvalue weighted by Crippen LogP contribution is 2.12. The van der Waals surface area contributed by atoms with Gasteiger partial charge in [0.15, 0.2) is 0 Å². The van der Waals surface area contributed by atoms with Crippen LogP contribution in [0.5, 0.6) is 0 Å². The Balaban J connectivity index is 1.81. The van der Waals surface area contributed by atoms with Crippen molar-refractivity contribution in [1.82, 2.24) is 14.3 Å². The Morgan fingerprint density at radius 2 is 1.87 bits per heavy atom. The van der Waals surface area contributed by atoms with E-state index in [1.165, 1.54) is 5.56 Å². The molecular weight excluding hydrogens is 310 g/mol. The first kappa shape index (κ1) is 15.7. The van der Waals surface area contributed by atoms with E-state index in [1.807, 2.05) is 56.4 Å². The van der Waals surface area contributed by atoms with E-state index in [0.717, 1.165) is 23.0 Å². The zero-order valence-electron chi connectivity index (χ0n) is 13.2. The van der Waals surface area contributed by atoms with Crippen molar-refractivity contribution in [3.63, 3.8) is 0 Å². The zero-order valence-corrected chi connectivity index (χ0v) is 13.9. The molecule has 4 nitrogen and oxygen atoms in total. The molecule has 1 aromatic carbocycles. The first-order chi connectivity index (χ1) is 11.0. The quantitative estimate of drug-likeness (QED) is 0.738. The third kappa shape index (κ3) is 3.60. The lowest BCUT2D eigenvalue weighted by atomic mass is 10.2. The summed E-state index contributed by atoms with van der Waals surface area (Å²) < 4.78 is 1.63. The Bertz CT molecular complexity index is 887. The molecule has 0 aliphatic heterocycles. The summed E-state index contributed by atoms with van der Waals surface area (Å²) in [6.45, 7) is 3.29. The topological polar surface area (TPSA) is 37.6 Å². The SMILES string of the molecule is Cc1cccc2nc(CN(C)Cc3ccc(Cl)cc3)cc(=O)n12. The van der Waals surface area contributed by atoms with Gasteiger partial charge in [0.2, 0.25) is 0 Å². The number of pyridine rings is 1. The lowest BCUT2D eigenvalue weighted by molar-refractivity contribution is 0.315. The largest absolute Gasteiger partial charge is 0.296 e. The maximum Gasteiger partial charge on any atom is 0.258 e. The third-order valence-electron chi connectivity index (χ3n) is 3.73. The van der Waals surface area contributed by atoms with Crippen molar-refractivity contribution < 1.29 is 0 Å². The van der Waals surface area contributed by atoms with Gasteiger partial charge in [-0.15, -0.1) is 0 Å². The molecule has 3 aromatic rings. The molecular formula is C18H18ClN3O. The Morgan fingerprint density at radius 3 is 2.61 bits per heavy atom. The molecule has 0 N–H and O–H groups in total. The molecule has 0 bridgehead atoms. The molecule has 0 saturated heterocycles. The number of rotatable bonds is 4. The Morgan fingerprint density at radius 1 is 1.13 bits per heavy atom. The van der Waals surface area contributed by atoms with Crippen LogP contribution in [0.3, 0.4) is 0 Å². The van der Waals surface area contributed by atoms with E-state index in [-0.39, 0.29) is 5.56 Å². The van der Waals surface area contributed by atoms with Crippen molar-refractivity contribution in [2.24, 2.45) is 0 Å². The van der Waals surface area contributed by atoms with E-state index >= 15 is 0 Å². The van der Waals surface area contributed by atoms with Crippen LogP contribution in [0.4, 0.5) is 0 Å². The number of hydrogen-bond acceptors (Lipinski definition) is 3. The van der Waals surface area contributed by atoms with Gasteiger partial charge in [-0.05, 0) is 43.8 Å². The fourth-order valence-electron chi connectivity index (χ4n) is 2.68. The number of hydrogen-bond donors (Lipinski definition) is 0. The van der Waals surface area contributed by atoms with Crippen LogP contribution in [0, 0.1) is 6.92 Å². The first-order valence-corrected chi connectivity index (χ1v) is 7.82. The molecule has 0 atom stereocenters. The summed E-state index contributed by atoms with van der Waals surface area (Å²) in [5.74, 6) is 0. The molecule has 23 heavy (non-hydrogen) atoms. The minimum Gasteiger partial charge on any atom is -0.296 e. The van der Waals surface area contributed by atoms with Gasteiger partial charge in [-0.2, -0.15) is 0 Å². The van der Waals surface area contributed by atoms with Crippen LogP contribution in [0.2, 0.25) is 5.02 Å². The molecule has 5 heteroatoms. The molecule has 0 unspecified atom stereocenters. The fraction of sp³-hybridized carbons (Fsp3) is 0.222. The van der Waals surface area contributed by atoms with Crippen LogP contribution < -0.4 is 5.56 Å². The standard InChI is InChI=1S/C18H18ClN3O/c1-13-4-3-5-17-20-16(10-18(23)22(13)17)12-21(2)11-14-6-8-15(19)9-7-14/h3-10H,11-12H2,1-2H3. The van der Waals surface area contributed by atoms with E-state index in [4.69, 9.17) is 11.6 Å². The van der Waals surface area contributed by atoms with Gasteiger partial charge >= 0.3 is 0 Å². The second-order valence-corrected chi connectivity index (χ2v) is 6.18. The highest BCUT2D eigenvalue weighted by atomic mass is 35.5. The Labute approximate surface area is 140 Å². The summed E-state index contributed by atoms with van der Waals surface area (Å²) >= 11 is 5.90. The van der Waals surface area contributed by atoms with Gasteiger partial charge in [0, 0.05) is 29.9 Å². The van der Waals surface area contributed by atoms with E-state index in [1.54, 1.807) is 10.5 Å². The smallest absolute Gasteiger partial charge is 0.258 e. The average Bonchev–Trinajstić information content (AvgIpc) is 2.49. The summed E-state index contributed by atoms with van der Waals surface area (Å²) in [6.07, 6.45) is 0. The highest BCUT2D eigenvalue weighted by Gasteiger charge is 2.07. The normalized spacial score (nSPS) is 11.3. The molecule has 0 fully saturated rings. The molecule has 0 spiro atoms. The molecule has 0 saturated carbocycles. The van der Waals surface area contributed by atoms with Gasteiger partial charge in [-0.3, -0.25) is 14.1 Å². The number of halogens is 1. The van der Waals surface area contributed by atoms with Crippen LogP contribution in [0.25, 0.3) is 5.65 Å². The van der Waals surface area contributed by atoms with Crippen molar-refractivity contribution in [3.8, 4) is 0 Å². The molecule has 0 aliphatic carbocycles. The number of benzene rings is 1. The number of fused-ring (bicyclic) bond motifs is 1. The minimum absolute atomic E-state index is 0.0389. The summed E-state index contributed by atoms with van der Waals surface area (Å²) in [6, 6.07) is 15.1. The van der Waals surface area contributed by atoms with Crippen LogP contribution in [-0.4, -0.2) is 21.3 Å². The maximum absolute atomic E-state index is 12.3. The predicted molar refractivity (Wildman–Crippen MR) is 92.8 cm³/mol. The zero-order chi connectivity index (χ0) is 16.4. The average molecular weight is 328 g/mol. The highest BCUT2D eigenvalue weighted by molar-refractivity contribution is 6.30. The van der Waals surface area contributed by atoms with Gasteiger partial charge in [-0.1, -0.05) is 29.8 Å². The van der Waals surface area contributed by atoms with Crippen LogP contribution in [0.1, 0.15) is 17.0 Å². The summed E-state index contributed by atoms with van der Waals surface area (Å²) in [5.41, 5.74) is 3.48. The van der Waals surface area contributed by atoms with E-state index in [2.05, 4.69) is 9.88 Å². The Hall–Kier alpha value is -2.17. The fourth-order valence-corrected chi connectivity index (χ4v) is 2.80. The molecule has 0 aliphatic rings. The van der Waals surface area contributed by atoms with Crippen molar-refractivity contribution in [2.45, 2.75) is 20.0 Å². The second-order valence-electron chi connectivity index (χ2n) is 5.75. The third-order valence-corrected chi connectivity index (χ3v) is 3.98. The summed E-state index contributed by atoms with van der Waals surface area (Å²) in [4.78, 5) is 19.0. The van der Waals surface area contributed by atoms with Crippen LogP contribution >= 0.6 is 11.6 Å². The molecule has 2 aromatic heterocycles. The van der Waals surface area contributed by atoms with Gasteiger partial charge in [0.05, 0.1) is 5.69 Å². The first-order valence-electron chi connectivity index (χ1n) is 7.44. The van der Waals surface area contributed by atoms with E-state index in [9.17, 15) is 4.79 Å². The van der Waals surface area contributed by atoms with E-state index in [0.29, 0.717) is 12.2 Å². The molecule has 0 amide bonds. The number of nitrogens with zero attached hydrogens (tertiary/aromatic N) is 3. The van der Waals surface area contributed by atoms with E-state index < -0.39 is 0 Å². The van der Waals surface area contributed by atoms with Gasteiger partial charge in [0.1, 0.15) is 5.65 Å². The van der Waals surface area contributed by atoms with Gasteiger partial charge < -0.3 is 0 Å². The molecule has 2 heterocycles. The van der Waals surface area contributed by atoms with Crippen molar-refractivity contribution in [1.29, 1.82) is 0 Å². The second kappa shape index (κ2) is 6.52. The van der Waals surface area contributed by atoms with Crippen LogP contribution in [-0.2, 0) is 13.1 Å². The van der Waals surface area contributed by atoms with Gasteiger partial charge in [-0.25, -0.2) is 4.98 Å². The lowest BCUT2D eigenvalue weighted by Crippen LogP contribution is -2.22. The maximum atomic E-state index is 12.3. The van der Waals surface area contributed by atoms with Crippen molar-refractivity contribution in [2.75, 3.05) is 7.05 Å². The summed E-state index contributed by atoms with van der Waals surface area (Å²) in [7, 11) is 2.01. The summed E-state index contributed by atoms with van der Waals surface area (Å²) in [5, 5.41) is 0.732. The lowest BCUT2D eigenvalue weighted by Gasteiger charge is -2.16. The molecule has 0 radical (unpaired) electrons. The molecule has 118 valence electrons. The monoisotopic (exact) mass is 327 g/mol.